The molecule has 0 aliphatic rings. The number of hydrogen-bond donors (Lipinski definition) is 0. The molecule has 0 aliphatic carbocycles. The maximum absolute atomic E-state index is 4.97. The van der Waals surface area contributed by atoms with Crippen LogP contribution in [0.2, 0.25) is 0 Å². The van der Waals surface area contributed by atoms with Gasteiger partial charge in [0, 0.05) is 38.7 Å². The van der Waals surface area contributed by atoms with Gasteiger partial charge in [-0.3, -0.25) is 0 Å². The Hall–Kier alpha value is -5.87. The van der Waals surface area contributed by atoms with Gasteiger partial charge in [-0.05, 0) is 29.8 Å². The number of nitrogens with zero attached hydrogens (tertiary/aromatic N) is 4. The highest BCUT2D eigenvalue weighted by Gasteiger charge is 2.17. The van der Waals surface area contributed by atoms with Crippen molar-refractivity contribution in [2.24, 2.45) is 0 Å². The minimum atomic E-state index is 0.644. The van der Waals surface area contributed by atoms with Crippen LogP contribution in [-0.4, -0.2) is 19.5 Å². The topological polar surface area (TPSA) is 43.6 Å². The summed E-state index contributed by atoms with van der Waals surface area (Å²) in [7, 11) is 0. The van der Waals surface area contributed by atoms with Crippen LogP contribution >= 0.6 is 0 Å². The number of para-hydroxylation sites is 3. The third kappa shape index (κ3) is 4.46. The molecule has 4 heteroatoms. The molecule has 0 unspecified atom stereocenters. The van der Waals surface area contributed by atoms with Crippen molar-refractivity contribution in [3.63, 3.8) is 0 Å². The summed E-state index contributed by atoms with van der Waals surface area (Å²) < 4.78 is 2.37. The first-order chi connectivity index (χ1) is 21.3. The minimum Gasteiger partial charge on any atom is -0.309 e. The van der Waals surface area contributed by atoms with Crippen molar-refractivity contribution in [3.8, 4) is 51.0 Å². The van der Waals surface area contributed by atoms with Crippen LogP contribution in [0.5, 0.6) is 0 Å². The first-order valence-electron chi connectivity index (χ1n) is 14.4. The van der Waals surface area contributed by atoms with Crippen LogP contribution < -0.4 is 0 Å². The largest absolute Gasteiger partial charge is 0.309 e. The SMILES string of the molecule is c1ccc(-c2nc(-c3ccccc3)nc(-c3cccc(-c4cccc5c6ccccc6n(-c6ccccc6)c45)c3)n2)cc1. The minimum absolute atomic E-state index is 0.644. The highest BCUT2D eigenvalue weighted by atomic mass is 15.0. The molecule has 8 aromatic rings. The Bertz CT molecular complexity index is 2160. The summed E-state index contributed by atoms with van der Waals surface area (Å²) in [5.74, 6) is 1.95. The Balaban J connectivity index is 1.34. The van der Waals surface area contributed by atoms with Crippen molar-refractivity contribution in [2.45, 2.75) is 0 Å². The van der Waals surface area contributed by atoms with E-state index in [-0.39, 0.29) is 0 Å². The molecule has 0 fully saturated rings. The lowest BCUT2D eigenvalue weighted by Gasteiger charge is -2.13. The second-order valence-corrected chi connectivity index (χ2v) is 10.5. The molecule has 0 N–H and O–H groups in total. The van der Waals surface area contributed by atoms with Crippen LogP contribution in [-0.2, 0) is 0 Å². The van der Waals surface area contributed by atoms with Crippen LogP contribution in [0.3, 0.4) is 0 Å². The van der Waals surface area contributed by atoms with Crippen LogP contribution in [0.4, 0.5) is 0 Å². The molecule has 8 rings (SSSR count). The number of fused-ring (bicyclic) bond motifs is 3. The normalized spacial score (nSPS) is 11.3. The average molecular weight is 551 g/mol. The molecule has 6 aromatic carbocycles. The molecule has 202 valence electrons. The molecule has 0 saturated carbocycles. The summed E-state index contributed by atoms with van der Waals surface area (Å²) in [5, 5.41) is 2.46. The van der Waals surface area contributed by atoms with Crippen molar-refractivity contribution >= 4 is 21.8 Å². The number of rotatable bonds is 5. The maximum Gasteiger partial charge on any atom is 0.164 e. The first kappa shape index (κ1) is 24.9. The Labute approximate surface area is 249 Å². The maximum atomic E-state index is 4.97. The van der Waals surface area contributed by atoms with Gasteiger partial charge in [0.05, 0.1) is 11.0 Å². The van der Waals surface area contributed by atoms with E-state index in [4.69, 9.17) is 15.0 Å². The van der Waals surface area contributed by atoms with Gasteiger partial charge in [-0.15, -0.1) is 0 Å². The molecular formula is C39H26N4. The fraction of sp³-hybridized carbons (Fsp3) is 0. The molecule has 0 bridgehead atoms. The Morgan fingerprint density at radius 2 is 0.860 bits per heavy atom. The van der Waals surface area contributed by atoms with E-state index < -0.39 is 0 Å². The van der Waals surface area contributed by atoms with Crippen LogP contribution in [0.25, 0.3) is 72.8 Å². The van der Waals surface area contributed by atoms with Gasteiger partial charge < -0.3 is 4.57 Å². The van der Waals surface area contributed by atoms with E-state index in [1.807, 2.05) is 60.7 Å². The van der Waals surface area contributed by atoms with Crippen LogP contribution in [0, 0.1) is 0 Å². The molecule has 2 aromatic heterocycles. The van der Waals surface area contributed by atoms with E-state index >= 15 is 0 Å². The fourth-order valence-electron chi connectivity index (χ4n) is 5.86. The monoisotopic (exact) mass is 550 g/mol. The summed E-state index contributed by atoms with van der Waals surface area (Å²) in [6.45, 7) is 0. The van der Waals surface area contributed by atoms with E-state index in [2.05, 4.69) is 102 Å². The summed E-state index contributed by atoms with van der Waals surface area (Å²) in [4.78, 5) is 14.8. The standard InChI is InChI=1S/C39H26N4/c1-4-14-27(15-5-1)37-40-38(28-16-6-2-7-17-28)42-39(41-37)30-19-12-18-29(26-30)32-23-13-24-34-33-22-10-11-25-35(33)43(36(32)34)31-20-8-3-9-21-31/h1-26H. The van der Waals surface area contributed by atoms with Gasteiger partial charge >= 0.3 is 0 Å². The summed E-state index contributed by atoms with van der Waals surface area (Å²) in [6.07, 6.45) is 0. The van der Waals surface area contributed by atoms with Crippen molar-refractivity contribution in [1.82, 2.24) is 19.5 Å². The zero-order valence-corrected chi connectivity index (χ0v) is 23.3. The van der Waals surface area contributed by atoms with Crippen molar-refractivity contribution in [3.05, 3.63) is 158 Å². The average Bonchev–Trinajstić information content (AvgIpc) is 3.44. The summed E-state index contributed by atoms with van der Waals surface area (Å²) >= 11 is 0. The van der Waals surface area contributed by atoms with E-state index in [9.17, 15) is 0 Å². The lowest BCUT2D eigenvalue weighted by molar-refractivity contribution is 1.07. The van der Waals surface area contributed by atoms with Crippen molar-refractivity contribution in [2.75, 3.05) is 0 Å². The van der Waals surface area contributed by atoms with E-state index in [0.717, 1.165) is 33.5 Å². The van der Waals surface area contributed by atoms with Gasteiger partial charge in [0.25, 0.3) is 0 Å². The molecule has 0 saturated heterocycles. The van der Waals surface area contributed by atoms with Gasteiger partial charge in [-0.25, -0.2) is 15.0 Å². The molecular weight excluding hydrogens is 524 g/mol. The van der Waals surface area contributed by atoms with Gasteiger partial charge in [-0.1, -0.05) is 133 Å². The predicted octanol–water partition coefficient (Wildman–Crippen LogP) is 9.64. The third-order valence-corrected chi connectivity index (χ3v) is 7.84. The molecule has 0 amide bonds. The zero-order chi connectivity index (χ0) is 28.6. The van der Waals surface area contributed by atoms with Crippen LogP contribution in [0.15, 0.2) is 158 Å². The quantitative estimate of drug-likeness (QED) is 0.214. The number of hydrogen-bond acceptors (Lipinski definition) is 3. The predicted molar refractivity (Wildman–Crippen MR) is 176 cm³/mol. The van der Waals surface area contributed by atoms with Crippen LogP contribution in [0.1, 0.15) is 0 Å². The lowest BCUT2D eigenvalue weighted by atomic mass is 9.99. The van der Waals surface area contributed by atoms with Crippen molar-refractivity contribution in [1.29, 1.82) is 0 Å². The highest BCUT2D eigenvalue weighted by molar-refractivity contribution is 6.13. The third-order valence-electron chi connectivity index (χ3n) is 7.84. The summed E-state index contributed by atoms with van der Waals surface area (Å²) in [5.41, 5.74) is 8.60. The smallest absolute Gasteiger partial charge is 0.164 e. The van der Waals surface area contributed by atoms with E-state index in [1.54, 1.807) is 0 Å². The first-order valence-corrected chi connectivity index (χ1v) is 14.4. The molecule has 0 spiro atoms. The zero-order valence-electron chi connectivity index (χ0n) is 23.3. The summed E-state index contributed by atoms with van der Waals surface area (Å²) in [6, 6.07) is 54.5. The van der Waals surface area contributed by atoms with E-state index in [0.29, 0.717) is 17.5 Å². The van der Waals surface area contributed by atoms with E-state index in [1.165, 1.54) is 21.8 Å². The molecule has 2 heterocycles. The molecule has 0 aliphatic heterocycles. The Kier molecular flexibility index (Phi) is 6.08. The van der Waals surface area contributed by atoms with Crippen molar-refractivity contribution < 1.29 is 0 Å². The van der Waals surface area contributed by atoms with Gasteiger partial charge in [0.1, 0.15) is 0 Å². The Morgan fingerprint density at radius 1 is 0.372 bits per heavy atom. The van der Waals surface area contributed by atoms with Gasteiger partial charge in [0.15, 0.2) is 17.5 Å². The van der Waals surface area contributed by atoms with Gasteiger partial charge in [-0.2, -0.15) is 0 Å². The molecule has 0 radical (unpaired) electrons. The fourth-order valence-corrected chi connectivity index (χ4v) is 5.86. The lowest BCUT2D eigenvalue weighted by Crippen LogP contribution is -2.00. The van der Waals surface area contributed by atoms with Gasteiger partial charge in [0.2, 0.25) is 0 Å². The molecule has 4 nitrogen and oxygen atoms in total. The second-order valence-electron chi connectivity index (χ2n) is 10.5. The second kappa shape index (κ2) is 10.5. The Morgan fingerprint density at radius 3 is 1.53 bits per heavy atom. The molecule has 0 atom stereocenters. The molecule has 43 heavy (non-hydrogen) atoms. The number of aromatic nitrogens is 4. The number of benzene rings is 6. The highest BCUT2D eigenvalue weighted by Crippen LogP contribution is 2.39.